The lowest BCUT2D eigenvalue weighted by atomic mass is 10.2. The normalized spacial score (nSPS) is 19.8. The molecule has 1 atom stereocenters. The second-order valence-electron chi connectivity index (χ2n) is 7.19. The molecule has 0 spiro atoms. The summed E-state index contributed by atoms with van der Waals surface area (Å²) in [4.78, 5) is 32.8. The zero-order valence-corrected chi connectivity index (χ0v) is 15.9. The van der Waals surface area contributed by atoms with Crippen molar-refractivity contribution < 1.29 is 18.7 Å². The molecular formula is C21H25N3O4. The van der Waals surface area contributed by atoms with Crippen molar-refractivity contribution in [3.63, 3.8) is 0 Å². The third-order valence-corrected chi connectivity index (χ3v) is 5.31. The third-order valence-electron chi connectivity index (χ3n) is 5.31. The molecule has 2 amide bonds. The summed E-state index contributed by atoms with van der Waals surface area (Å²) in [5.41, 5.74) is 0.972. The fourth-order valence-electron chi connectivity index (χ4n) is 3.69. The molecule has 0 radical (unpaired) electrons. The number of hydrogen-bond acceptors (Lipinski definition) is 5. The van der Waals surface area contributed by atoms with Crippen LogP contribution in [-0.2, 0) is 20.7 Å². The summed E-state index contributed by atoms with van der Waals surface area (Å²) in [7, 11) is 0. The average molecular weight is 383 g/mol. The molecule has 4 rings (SSSR count). The molecule has 0 saturated carbocycles. The van der Waals surface area contributed by atoms with E-state index in [9.17, 15) is 9.59 Å². The maximum atomic E-state index is 12.5. The van der Waals surface area contributed by atoms with Crippen LogP contribution in [0.5, 0.6) is 0 Å². The number of piperazine rings is 1. The van der Waals surface area contributed by atoms with Gasteiger partial charge in [0.25, 0.3) is 5.91 Å². The highest BCUT2D eigenvalue weighted by Crippen LogP contribution is 2.21. The number of oxazole rings is 1. The minimum absolute atomic E-state index is 0.0674. The van der Waals surface area contributed by atoms with E-state index in [0.717, 1.165) is 18.4 Å². The Hall–Kier alpha value is -2.67. The smallest absolute Gasteiger partial charge is 0.251 e. The van der Waals surface area contributed by atoms with Gasteiger partial charge in [0.1, 0.15) is 6.10 Å². The number of aryl methyl sites for hydroxylation is 1. The van der Waals surface area contributed by atoms with Crippen molar-refractivity contribution >= 4 is 11.8 Å². The summed E-state index contributed by atoms with van der Waals surface area (Å²) in [6.45, 7) is 2.95. The van der Waals surface area contributed by atoms with Crippen LogP contribution in [0.3, 0.4) is 0 Å². The van der Waals surface area contributed by atoms with Crippen LogP contribution in [0, 0.1) is 0 Å². The highest BCUT2D eigenvalue weighted by Gasteiger charge is 2.31. The summed E-state index contributed by atoms with van der Waals surface area (Å²) in [6.07, 6.45) is 3.99. The van der Waals surface area contributed by atoms with Gasteiger partial charge in [0.2, 0.25) is 5.91 Å². The molecular weight excluding hydrogens is 358 g/mol. The van der Waals surface area contributed by atoms with Gasteiger partial charge in [0, 0.05) is 51.2 Å². The van der Waals surface area contributed by atoms with E-state index in [4.69, 9.17) is 9.15 Å². The zero-order chi connectivity index (χ0) is 19.3. The SMILES string of the molecule is O=C(CCc1ncc(-c2ccccc2)o1)N1CCN(C(=O)C2CCCO2)CC1. The summed E-state index contributed by atoms with van der Waals surface area (Å²) in [5.74, 6) is 1.42. The van der Waals surface area contributed by atoms with Crippen LogP contribution in [0.1, 0.15) is 25.2 Å². The van der Waals surface area contributed by atoms with E-state index in [-0.39, 0.29) is 17.9 Å². The largest absolute Gasteiger partial charge is 0.441 e. The minimum Gasteiger partial charge on any atom is -0.441 e. The molecule has 3 heterocycles. The van der Waals surface area contributed by atoms with Crippen molar-refractivity contribution in [3.8, 4) is 11.3 Å². The molecule has 1 aromatic carbocycles. The predicted octanol–water partition coefficient (Wildman–Crippen LogP) is 2.12. The maximum Gasteiger partial charge on any atom is 0.251 e. The van der Waals surface area contributed by atoms with Crippen molar-refractivity contribution in [3.05, 3.63) is 42.4 Å². The van der Waals surface area contributed by atoms with E-state index in [0.29, 0.717) is 57.3 Å². The maximum absolute atomic E-state index is 12.5. The fraction of sp³-hybridized carbons (Fsp3) is 0.476. The van der Waals surface area contributed by atoms with Gasteiger partial charge >= 0.3 is 0 Å². The predicted molar refractivity (Wildman–Crippen MR) is 102 cm³/mol. The average Bonchev–Trinajstić information content (AvgIpc) is 3.44. The first-order chi connectivity index (χ1) is 13.7. The first-order valence-electron chi connectivity index (χ1n) is 9.89. The first-order valence-corrected chi connectivity index (χ1v) is 9.89. The summed E-state index contributed by atoms with van der Waals surface area (Å²) >= 11 is 0. The number of hydrogen-bond donors (Lipinski definition) is 0. The number of rotatable bonds is 5. The topological polar surface area (TPSA) is 75.9 Å². The van der Waals surface area contributed by atoms with E-state index in [1.165, 1.54) is 0 Å². The number of nitrogens with zero attached hydrogens (tertiary/aromatic N) is 3. The molecule has 7 nitrogen and oxygen atoms in total. The molecule has 1 aromatic heterocycles. The van der Waals surface area contributed by atoms with E-state index < -0.39 is 0 Å². The van der Waals surface area contributed by atoms with Crippen LogP contribution in [0.2, 0.25) is 0 Å². The van der Waals surface area contributed by atoms with Crippen molar-refractivity contribution in [1.29, 1.82) is 0 Å². The molecule has 0 aliphatic carbocycles. The van der Waals surface area contributed by atoms with Gasteiger partial charge in [-0.2, -0.15) is 0 Å². The van der Waals surface area contributed by atoms with Gasteiger partial charge in [-0.05, 0) is 12.8 Å². The van der Waals surface area contributed by atoms with Gasteiger partial charge in [-0.3, -0.25) is 9.59 Å². The Labute approximate surface area is 164 Å². The van der Waals surface area contributed by atoms with Crippen LogP contribution < -0.4 is 0 Å². The number of aromatic nitrogens is 1. The van der Waals surface area contributed by atoms with Crippen molar-refractivity contribution in [2.45, 2.75) is 31.8 Å². The molecule has 7 heteroatoms. The molecule has 2 aromatic rings. The van der Waals surface area contributed by atoms with Gasteiger partial charge in [0.05, 0.1) is 6.20 Å². The summed E-state index contributed by atoms with van der Waals surface area (Å²) in [5, 5.41) is 0. The zero-order valence-electron chi connectivity index (χ0n) is 15.9. The van der Waals surface area contributed by atoms with E-state index in [2.05, 4.69) is 4.98 Å². The Bertz CT molecular complexity index is 806. The first kappa shape index (κ1) is 18.7. The molecule has 2 fully saturated rings. The molecule has 0 N–H and O–H groups in total. The molecule has 0 bridgehead atoms. The van der Waals surface area contributed by atoms with Gasteiger partial charge in [-0.25, -0.2) is 4.98 Å². The van der Waals surface area contributed by atoms with Crippen LogP contribution in [0.15, 0.2) is 40.9 Å². The Balaban J connectivity index is 1.24. The van der Waals surface area contributed by atoms with Gasteiger partial charge < -0.3 is 19.0 Å². The Morgan fingerprint density at radius 3 is 2.54 bits per heavy atom. The molecule has 1 unspecified atom stereocenters. The molecule has 28 heavy (non-hydrogen) atoms. The number of carbonyl (C=O) groups is 2. The quantitative estimate of drug-likeness (QED) is 0.791. The number of carbonyl (C=O) groups excluding carboxylic acids is 2. The van der Waals surface area contributed by atoms with Crippen molar-refractivity contribution in [2.75, 3.05) is 32.8 Å². The second kappa shape index (κ2) is 8.56. The molecule has 148 valence electrons. The van der Waals surface area contributed by atoms with Gasteiger partial charge in [0.15, 0.2) is 11.7 Å². The van der Waals surface area contributed by atoms with Crippen LogP contribution in [0.25, 0.3) is 11.3 Å². The van der Waals surface area contributed by atoms with Crippen LogP contribution >= 0.6 is 0 Å². The number of ether oxygens (including phenoxy) is 1. The summed E-state index contributed by atoms with van der Waals surface area (Å²) < 4.78 is 11.2. The van der Waals surface area contributed by atoms with Gasteiger partial charge in [-0.1, -0.05) is 30.3 Å². The van der Waals surface area contributed by atoms with E-state index in [1.807, 2.05) is 40.1 Å². The standard InChI is InChI=1S/C21H25N3O4/c25-20(9-8-19-22-15-18(28-19)16-5-2-1-3-6-16)23-10-12-24(13-11-23)21(26)17-7-4-14-27-17/h1-3,5-6,15,17H,4,7-14H2. The van der Waals surface area contributed by atoms with Gasteiger partial charge in [-0.15, -0.1) is 0 Å². The van der Waals surface area contributed by atoms with Crippen molar-refractivity contribution in [1.82, 2.24) is 14.8 Å². The van der Waals surface area contributed by atoms with E-state index >= 15 is 0 Å². The Morgan fingerprint density at radius 2 is 1.82 bits per heavy atom. The van der Waals surface area contributed by atoms with Crippen LogP contribution in [-0.4, -0.2) is 65.5 Å². The highest BCUT2D eigenvalue weighted by atomic mass is 16.5. The fourth-order valence-corrected chi connectivity index (χ4v) is 3.69. The third kappa shape index (κ3) is 4.25. The second-order valence-corrected chi connectivity index (χ2v) is 7.19. The Morgan fingerprint density at radius 1 is 1.07 bits per heavy atom. The lowest BCUT2D eigenvalue weighted by Gasteiger charge is -2.35. The van der Waals surface area contributed by atoms with Crippen LogP contribution in [0.4, 0.5) is 0 Å². The Kier molecular flexibility index (Phi) is 5.71. The minimum atomic E-state index is -0.286. The molecule has 2 saturated heterocycles. The molecule has 2 aliphatic rings. The molecule has 2 aliphatic heterocycles. The summed E-state index contributed by atoms with van der Waals surface area (Å²) in [6, 6.07) is 9.78. The number of benzene rings is 1. The van der Waals surface area contributed by atoms with Crippen molar-refractivity contribution in [2.24, 2.45) is 0 Å². The lowest BCUT2D eigenvalue weighted by molar-refractivity contribution is -0.146. The van der Waals surface area contributed by atoms with E-state index in [1.54, 1.807) is 6.20 Å². The highest BCUT2D eigenvalue weighted by molar-refractivity contribution is 5.82. The monoisotopic (exact) mass is 383 g/mol. The lowest BCUT2D eigenvalue weighted by Crippen LogP contribution is -2.52. The number of amides is 2.